The Morgan fingerprint density at radius 3 is 2.87 bits per heavy atom. The molecular weight excluding hydrogens is 306 g/mol. The number of nitrogens with zero attached hydrogens (tertiary/aromatic N) is 3. The van der Waals surface area contributed by atoms with Crippen LogP contribution >= 0.6 is 11.3 Å². The van der Waals surface area contributed by atoms with Gasteiger partial charge in [0.1, 0.15) is 10.7 Å². The van der Waals surface area contributed by atoms with Crippen molar-refractivity contribution in [2.45, 2.75) is 32.6 Å². The van der Waals surface area contributed by atoms with E-state index < -0.39 is 0 Å². The van der Waals surface area contributed by atoms with Crippen molar-refractivity contribution in [2.24, 2.45) is 0 Å². The van der Waals surface area contributed by atoms with Crippen LogP contribution in [-0.2, 0) is 12.8 Å². The predicted octanol–water partition coefficient (Wildman–Crippen LogP) is 3.64. The molecule has 0 atom stereocenters. The molecule has 0 aliphatic heterocycles. The number of aromatic nitrogens is 3. The maximum Gasteiger partial charge on any atom is 0.281 e. The van der Waals surface area contributed by atoms with Crippen LogP contribution in [0.5, 0.6) is 0 Å². The van der Waals surface area contributed by atoms with Crippen LogP contribution in [0.15, 0.2) is 29.1 Å². The van der Waals surface area contributed by atoms with Crippen LogP contribution in [-0.4, -0.2) is 14.4 Å². The summed E-state index contributed by atoms with van der Waals surface area (Å²) in [6, 6.07) is 7.65. The first kappa shape index (κ1) is 13.2. The van der Waals surface area contributed by atoms with Crippen molar-refractivity contribution in [3.8, 4) is 0 Å². The molecular formula is C18H15N3OS. The van der Waals surface area contributed by atoms with Crippen LogP contribution in [0, 0.1) is 6.92 Å². The van der Waals surface area contributed by atoms with Gasteiger partial charge in [-0.05, 0) is 50.3 Å². The van der Waals surface area contributed by atoms with Gasteiger partial charge in [0, 0.05) is 4.88 Å². The summed E-state index contributed by atoms with van der Waals surface area (Å²) in [5.74, 6) is 0.884. The van der Waals surface area contributed by atoms with E-state index in [0.717, 1.165) is 40.0 Å². The third-order valence-electron chi connectivity index (χ3n) is 4.76. The maximum atomic E-state index is 12.5. The number of rotatable bonds is 0. The molecule has 114 valence electrons. The number of fused-ring (bicyclic) bond motifs is 7. The highest BCUT2D eigenvalue weighted by Gasteiger charge is 2.21. The molecule has 23 heavy (non-hydrogen) atoms. The summed E-state index contributed by atoms with van der Waals surface area (Å²) >= 11 is 1.77. The topological polar surface area (TPSA) is 47.3 Å². The Morgan fingerprint density at radius 2 is 1.96 bits per heavy atom. The highest BCUT2D eigenvalue weighted by atomic mass is 32.1. The molecule has 1 aliphatic carbocycles. The molecule has 4 aromatic rings. The minimum Gasteiger partial charge on any atom is -0.281 e. The second-order valence-electron chi connectivity index (χ2n) is 6.14. The van der Waals surface area contributed by atoms with E-state index in [2.05, 4.69) is 4.98 Å². The molecule has 0 N–H and O–H groups in total. The summed E-state index contributed by atoms with van der Waals surface area (Å²) in [5, 5.41) is 1.75. The van der Waals surface area contributed by atoms with Gasteiger partial charge in [-0.2, -0.15) is 4.98 Å². The van der Waals surface area contributed by atoms with Crippen LogP contribution < -0.4 is 5.56 Å². The summed E-state index contributed by atoms with van der Waals surface area (Å²) in [7, 11) is 0. The molecule has 0 saturated heterocycles. The molecule has 0 fully saturated rings. The molecule has 5 heteroatoms. The summed E-state index contributed by atoms with van der Waals surface area (Å²) in [4.78, 5) is 24.2. The lowest BCUT2D eigenvalue weighted by atomic mass is 9.97. The van der Waals surface area contributed by atoms with Crippen LogP contribution in [0.1, 0.15) is 29.1 Å². The number of hydrogen-bond donors (Lipinski definition) is 0. The van der Waals surface area contributed by atoms with Crippen LogP contribution in [0.2, 0.25) is 0 Å². The minimum absolute atomic E-state index is 0.150. The highest BCUT2D eigenvalue weighted by Crippen LogP contribution is 2.37. The molecule has 3 heterocycles. The number of thiophene rings is 1. The van der Waals surface area contributed by atoms with Crippen molar-refractivity contribution in [3.63, 3.8) is 0 Å². The second-order valence-corrected chi connectivity index (χ2v) is 7.23. The van der Waals surface area contributed by atoms with Gasteiger partial charge in [0.15, 0.2) is 5.65 Å². The molecule has 0 saturated carbocycles. The van der Waals surface area contributed by atoms with E-state index in [0.29, 0.717) is 5.39 Å². The first-order chi connectivity index (χ1) is 11.2. The van der Waals surface area contributed by atoms with Crippen molar-refractivity contribution in [3.05, 3.63) is 50.9 Å². The average Bonchev–Trinajstić information content (AvgIpc) is 2.93. The highest BCUT2D eigenvalue weighted by molar-refractivity contribution is 7.19. The Hall–Kier alpha value is -2.27. The fraction of sp³-hybridized carbons (Fsp3) is 0.278. The van der Waals surface area contributed by atoms with Gasteiger partial charge in [-0.1, -0.05) is 12.1 Å². The van der Waals surface area contributed by atoms with Crippen molar-refractivity contribution in [2.75, 3.05) is 0 Å². The van der Waals surface area contributed by atoms with Crippen LogP contribution in [0.25, 0.3) is 26.8 Å². The zero-order valence-electron chi connectivity index (χ0n) is 12.8. The molecule has 0 spiro atoms. The normalized spacial score (nSPS) is 14.7. The lowest BCUT2D eigenvalue weighted by Gasteiger charge is -2.12. The van der Waals surface area contributed by atoms with Crippen molar-refractivity contribution in [1.29, 1.82) is 0 Å². The standard InChI is InChI=1S/C18H15N3OS/c1-10-19-18-15(12-7-3-5-9-14(12)23-18)16-20-17(22)11-6-2-4-8-13(11)21(10)16/h2,4,6,8H,3,5,7,9H2,1H3. The molecule has 0 radical (unpaired) electrons. The lowest BCUT2D eigenvalue weighted by molar-refractivity contribution is 0.700. The number of benzene rings is 1. The van der Waals surface area contributed by atoms with E-state index in [9.17, 15) is 4.79 Å². The first-order valence-corrected chi connectivity index (χ1v) is 8.78. The van der Waals surface area contributed by atoms with E-state index in [1.165, 1.54) is 23.3 Å². The number of para-hydroxylation sites is 1. The zero-order valence-corrected chi connectivity index (χ0v) is 13.6. The van der Waals surface area contributed by atoms with E-state index in [1.807, 2.05) is 35.6 Å². The monoisotopic (exact) mass is 321 g/mol. The van der Waals surface area contributed by atoms with Gasteiger partial charge in [-0.25, -0.2) is 4.98 Å². The molecule has 0 unspecified atom stereocenters. The van der Waals surface area contributed by atoms with Crippen LogP contribution in [0.3, 0.4) is 0 Å². The predicted molar refractivity (Wildman–Crippen MR) is 93.5 cm³/mol. The number of aryl methyl sites for hydroxylation is 3. The Balaban J connectivity index is 2.09. The molecule has 3 aromatic heterocycles. The Bertz CT molecular complexity index is 1160. The quantitative estimate of drug-likeness (QED) is 0.465. The van der Waals surface area contributed by atoms with Gasteiger partial charge in [-0.15, -0.1) is 11.3 Å². The largest absolute Gasteiger partial charge is 0.281 e. The first-order valence-electron chi connectivity index (χ1n) is 7.96. The molecule has 5 rings (SSSR count). The third-order valence-corrected chi connectivity index (χ3v) is 5.94. The van der Waals surface area contributed by atoms with E-state index in [-0.39, 0.29) is 5.56 Å². The minimum atomic E-state index is -0.150. The maximum absolute atomic E-state index is 12.5. The smallest absolute Gasteiger partial charge is 0.281 e. The Kier molecular flexibility index (Phi) is 2.65. The van der Waals surface area contributed by atoms with E-state index in [1.54, 1.807) is 11.3 Å². The summed E-state index contributed by atoms with van der Waals surface area (Å²) in [6.45, 7) is 1.99. The molecule has 4 nitrogen and oxygen atoms in total. The summed E-state index contributed by atoms with van der Waals surface area (Å²) < 4.78 is 2.04. The lowest BCUT2D eigenvalue weighted by Crippen LogP contribution is -2.13. The average molecular weight is 321 g/mol. The van der Waals surface area contributed by atoms with Gasteiger partial charge in [-0.3, -0.25) is 9.20 Å². The Morgan fingerprint density at radius 1 is 1.13 bits per heavy atom. The van der Waals surface area contributed by atoms with Crippen molar-refractivity contribution in [1.82, 2.24) is 14.4 Å². The zero-order chi connectivity index (χ0) is 15.6. The van der Waals surface area contributed by atoms with Crippen molar-refractivity contribution < 1.29 is 0 Å². The van der Waals surface area contributed by atoms with Gasteiger partial charge in [0.25, 0.3) is 5.56 Å². The molecule has 0 amide bonds. The van der Waals surface area contributed by atoms with E-state index in [4.69, 9.17) is 4.98 Å². The third kappa shape index (κ3) is 1.74. The van der Waals surface area contributed by atoms with Crippen LogP contribution in [0.4, 0.5) is 0 Å². The summed E-state index contributed by atoms with van der Waals surface area (Å²) in [6.07, 6.45) is 4.64. The van der Waals surface area contributed by atoms with Gasteiger partial charge < -0.3 is 0 Å². The second kappa shape index (κ2) is 4.61. The summed E-state index contributed by atoms with van der Waals surface area (Å²) in [5.41, 5.74) is 2.88. The molecule has 1 aliphatic rings. The number of hydrogen-bond acceptors (Lipinski definition) is 4. The molecule has 0 bridgehead atoms. The van der Waals surface area contributed by atoms with Crippen molar-refractivity contribution >= 4 is 38.1 Å². The Labute approximate surface area is 136 Å². The fourth-order valence-corrected chi connectivity index (χ4v) is 5.02. The van der Waals surface area contributed by atoms with Gasteiger partial charge in [0.2, 0.25) is 0 Å². The molecule has 1 aromatic carbocycles. The fourth-order valence-electron chi connectivity index (χ4n) is 3.72. The van der Waals surface area contributed by atoms with E-state index >= 15 is 0 Å². The van der Waals surface area contributed by atoms with Gasteiger partial charge in [0.05, 0.1) is 16.3 Å². The van der Waals surface area contributed by atoms with Gasteiger partial charge >= 0.3 is 0 Å². The SMILES string of the molecule is Cc1nc2sc3c(c2c2nc(=O)c4ccccc4n12)CCCC3.